The van der Waals surface area contributed by atoms with Crippen molar-refractivity contribution >= 4 is 50.2 Å². The first-order chi connectivity index (χ1) is 15.8. The van der Waals surface area contributed by atoms with Gasteiger partial charge >= 0.3 is 6.03 Å². The maximum Gasteiger partial charge on any atom is 0.322 e. The minimum atomic E-state index is -0.112. The minimum absolute atomic E-state index is 0.00872. The molecule has 1 aliphatic rings. The van der Waals surface area contributed by atoms with Crippen LogP contribution in [0.15, 0.2) is 51.7 Å². The Bertz CT molecular complexity index is 1250. The van der Waals surface area contributed by atoms with Gasteiger partial charge in [0.1, 0.15) is 5.82 Å². The van der Waals surface area contributed by atoms with Gasteiger partial charge in [0.15, 0.2) is 0 Å². The maximum absolute atomic E-state index is 13.1. The smallest absolute Gasteiger partial charge is 0.319 e. The molecule has 174 valence electrons. The second kappa shape index (κ2) is 9.83. The number of fused-ring (bicyclic) bond motifs is 1. The molecule has 0 radical (unpaired) electrons. The zero-order valence-electron chi connectivity index (χ0n) is 18.9. The standard InChI is InChI=1S/C24H27BrClN5O2/c1-4-30-22(28-21-9-8-18(26)13-20(21)23(30)32)16(3)29-10-11-31(15(2)14-29)24(33)27-19-7-5-6-17(25)12-19/h5-9,12-13,15-16H,4,10-11,14H2,1-3H3,(H,27,33). The predicted octanol–water partition coefficient (Wildman–Crippen LogP) is 5.13. The van der Waals surface area contributed by atoms with Gasteiger partial charge in [0.2, 0.25) is 0 Å². The Morgan fingerprint density at radius 2 is 2.06 bits per heavy atom. The number of urea groups is 1. The van der Waals surface area contributed by atoms with Gasteiger partial charge in [0.25, 0.3) is 5.56 Å². The molecule has 0 bridgehead atoms. The molecule has 33 heavy (non-hydrogen) atoms. The van der Waals surface area contributed by atoms with Gasteiger partial charge < -0.3 is 10.2 Å². The monoisotopic (exact) mass is 531 g/mol. The molecule has 1 aliphatic heterocycles. The highest BCUT2D eigenvalue weighted by Gasteiger charge is 2.31. The molecule has 3 aromatic rings. The molecule has 1 saturated heterocycles. The van der Waals surface area contributed by atoms with E-state index in [0.717, 1.165) is 16.0 Å². The summed E-state index contributed by atoms with van der Waals surface area (Å²) in [5.74, 6) is 0.733. The molecule has 2 atom stereocenters. The van der Waals surface area contributed by atoms with Crippen LogP contribution >= 0.6 is 27.5 Å². The Labute approximate surface area is 206 Å². The number of hydrogen-bond donors (Lipinski definition) is 1. The van der Waals surface area contributed by atoms with Crippen molar-refractivity contribution in [2.45, 2.75) is 39.4 Å². The second-order valence-electron chi connectivity index (χ2n) is 8.33. The normalized spacial score (nSPS) is 17.8. The first-order valence-corrected chi connectivity index (χ1v) is 12.2. The molecule has 1 aromatic heterocycles. The lowest BCUT2D eigenvalue weighted by Crippen LogP contribution is -2.55. The van der Waals surface area contributed by atoms with Gasteiger partial charge in [-0.25, -0.2) is 9.78 Å². The van der Waals surface area contributed by atoms with E-state index < -0.39 is 0 Å². The van der Waals surface area contributed by atoms with Gasteiger partial charge in [0, 0.05) is 47.4 Å². The van der Waals surface area contributed by atoms with Crippen LogP contribution in [0, 0.1) is 0 Å². The molecule has 7 nitrogen and oxygen atoms in total. The number of nitrogens with zero attached hydrogens (tertiary/aromatic N) is 4. The largest absolute Gasteiger partial charge is 0.322 e. The Kier molecular flexibility index (Phi) is 7.07. The second-order valence-corrected chi connectivity index (χ2v) is 9.69. The van der Waals surface area contributed by atoms with Crippen molar-refractivity contribution in [3.05, 3.63) is 68.1 Å². The lowest BCUT2D eigenvalue weighted by atomic mass is 10.1. The number of piperazine rings is 1. The third kappa shape index (κ3) is 4.93. The molecule has 1 N–H and O–H groups in total. The minimum Gasteiger partial charge on any atom is -0.319 e. The summed E-state index contributed by atoms with van der Waals surface area (Å²) in [6.07, 6.45) is 0. The van der Waals surface area contributed by atoms with E-state index in [1.807, 2.05) is 43.0 Å². The lowest BCUT2D eigenvalue weighted by molar-refractivity contribution is 0.0793. The summed E-state index contributed by atoms with van der Waals surface area (Å²) in [4.78, 5) is 34.9. The van der Waals surface area contributed by atoms with Crippen LogP contribution in [0.3, 0.4) is 0 Å². The van der Waals surface area contributed by atoms with Crippen molar-refractivity contribution in [1.82, 2.24) is 19.4 Å². The fourth-order valence-corrected chi connectivity index (χ4v) is 4.97. The van der Waals surface area contributed by atoms with Crippen molar-refractivity contribution in [1.29, 1.82) is 0 Å². The Morgan fingerprint density at radius 1 is 1.27 bits per heavy atom. The van der Waals surface area contributed by atoms with Gasteiger partial charge in [-0.15, -0.1) is 0 Å². The molecule has 4 rings (SSSR count). The van der Waals surface area contributed by atoms with Crippen LogP contribution in [0.4, 0.5) is 10.5 Å². The van der Waals surface area contributed by atoms with E-state index in [2.05, 4.69) is 33.1 Å². The van der Waals surface area contributed by atoms with E-state index in [-0.39, 0.29) is 23.7 Å². The van der Waals surface area contributed by atoms with Crippen LogP contribution in [-0.4, -0.2) is 51.1 Å². The quantitative estimate of drug-likeness (QED) is 0.506. The summed E-state index contributed by atoms with van der Waals surface area (Å²) in [5, 5.41) is 4.03. The predicted molar refractivity (Wildman–Crippen MR) is 136 cm³/mol. The zero-order valence-corrected chi connectivity index (χ0v) is 21.2. The average Bonchev–Trinajstić information content (AvgIpc) is 2.78. The van der Waals surface area contributed by atoms with Crippen molar-refractivity contribution in [3.8, 4) is 0 Å². The molecule has 2 heterocycles. The molecular formula is C24H27BrClN5O2. The highest BCUT2D eigenvalue weighted by molar-refractivity contribution is 9.10. The molecule has 0 aliphatic carbocycles. The van der Waals surface area contributed by atoms with Crippen LogP contribution in [-0.2, 0) is 6.54 Å². The third-order valence-corrected chi connectivity index (χ3v) is 6.91. The van der Waals surface area contributed by atoms with Crippen LogP contribution in [0.25, 0.3) is 10.9 Å². The summed E-state index contributed by atoms with van der Waals surface area (Å²) in [6, 6.07) is 12.6. The Morgan fingerprint density at radius 3 is 2.76 bits per heavy atom. The molecule has 0 saturated carbocycles. The van der Waals surface area contributed by atoms with Crippen LogP contribution < -0.4 is 10.9 Å². The van der Waals surface area contributed by atoms with Crippen LogP contribution in [0.5, 0.6) is 0 Å². The lowest BCUT2D eigenvalue weighted by Gasteiger charge is -2.42. The summed E-state index contributed by atoms with van der Waals surface area (Å²) in [6.45, 7) is 8.55. The van der Waals surface area contributed by atoms with Crippen LogP contribution in [0.1, 0.15) is 32.6 Å². The number of anilines is 1. The van der Waals surface area contributed by atoms with Gasteiger partial charge in [-0.3, -0.25) is 14.3 Å². The van der Waals surface area contributed by atoms with Crippen LogP contribution in [0.2, 0.25) is 5.02 Å². The maximum atomic E-state index is 13.1. The molecule has 9 heteroatoms. The molecule has 2 unspecified atom stereocenters. The van der Waals surface area contributed by atoms with E-state index in [9.17, 15) is 9.59 Å². The van der Waals surface area contributed by atoms with Crippen molar-refractivity contribution in [2.75, 3.05) is 25.0 Å². The summed E-state index contributed by atoms with van der Waals surface area (Å²) >= 11 is 9.53. The number of halogens is 2. The van der Waals surface area contributed by atoms with Crippen molar-refractivity contribution < 1.29 is 4.79 Å². The Balaban J connectivity index is 1.52. The summed E-state index contributed by atoms with van der Waals surface area (Å²) in [7, 11) is 0. The Hall–Kier alpha value is -2.42. The first-order valence-electron chi connectivity index (χ1n) is 11.1. The van der Waals surface area contributed by atoms with Crippen molar-refractivity contribution in [2.24, 2.45) is 0 Å². The zero-order chi connectivity index (χ0) is 23.7. The van der Waals surface area contributed by atoms with E-state index in [1.54, 1.807) is 22.8 Å². The number of benzene rings is 2. The molecule has 1 fully saturated rings. The SMILES string of the molecule is CCn1c(C(C)N2CCN(C(=O)Nc3cccc(Br)c3)C(C)C2)nc2ccc(Cl)cc2c1=O. The summed E-state index contributed by atoms with van der Waals surface area (Å²) < 4.78 is 2.64. The number of amides is 2. The number of carbonyl (C=O) groups excluding carboxylic acids is 1. The van der Waals surface area contributed by atoms with E-state index >= 15 is 0 Å². The van der Waals surface area contributed by atoms with Crippen molar-refractivity contribution in [3.63, 3.8) is 0 Å². The number of hydrogen-bond acceptors (Lipinski definition) is 4. The average molecular weight is 533 g/mol. The topological polar surface area (TPSA) is 70.5 Å². The fraction of sp³-hybridized carbons (Fsp3) is 0.375. The van der Waals surface area contributed by atoms with Gasteiger partial charge in [0.05, 0.1) is 16.9 Å². The fourth-order valence-electron chi connectivity index (χ4n) is 4.40. The number of carbonyl (C=O) groups is 1. The van der Waals surface area contributed by atoms with Gasteiger partial charge in [-0.2, -0.15) is 0 Å². The third-order valence-electron chi connectivity index (χ3n) is 6.18. The molecular weight excluding hydrogens is 506 g/mol. The van der Waals surface area contributed by atoms with E-state index in [4.69, 9.17) is 16.6 Å². The number of rotatable bonds is 4. The highest BCUT2D eigenvalue weighted by Crippen LogP contribution is 2.25. The molecule has 0 spiro atoms. The van der Waals surface area contributed by atoms with E-state index in [0.29, 0.717) is 42.1 Å². The van der Waals surface area contributed by atoms with Gasteiger partial charge in [-0.05, 0) is 57.2 Å². The summed E-state index contributed by atoms with van der Waals surface area (Å²) in [5.41, 5.74) is 1.33. The molecule has 2 amide bonds. The van der Waals surface area contributed by atoms with E-state index in [1.165, 1.54) is 0 Å². The first kappa shape index (κ1) is 23.7. The number of nitrogens with one attached hydrogen (secondary N) is 1. The van der Waals surface area contributed by atoms with Gasteiger partial charge in [-0.1, -0.05) is 33.6 Å². The highest BCUT2D eigenvalue weighted by atomic mass is 79.9. The number of aromatic nitrogens is 2. The molecule has 2 aromatic carbocycles.